The first-order valence-corrected chi connectivity index (χ1v) is 6.76. The molecule has 1 aliphatic rings. The van der Waals surface area contributed by atoms with Gasteiger partial charge in [-0.05, 0) is 42.8 Å². The number of aromatic hydroxyl groups is 1. The zero-order valence-electron chi connectivity index (χ0n) is 10.8. The Kier molecular flexibility index (Phi) is 3.51. The molecule has 0 bridgehead atoms. The summed E-state index contributed by atoms with van der Waals surface area (Å²) in [6.07, 6.45) is 5.50. The topological polar surface area (TPSA) is 54.4 Å². The number of phenolic OH excluding ortho intramolecular Hbond substituents is 1. The van der Waals surface area contributed by atoms with Crippen molar-refractivity contribution in [3.05, 3.63) is 30.5 Å². The summed E-state index contributed by atoms with van der Waals surface area (Å²) in [4.78, 5) is 4.35. The summed E-state index contributed by atoms with van der Waals surface area (Å²) in [5, 5.41) is 14.9. The van der Waals surface area contributed by atoms with Crippen LogP contribution in [0.15, 0.2) is 30.5 Å². The van der Waals surface area contributed by atoms with Crippen LogP contribution in [0.3, 0.4) is 0 Å². The highest BCUT2D eigenvalue weighted by Gasteiger charge is 2.14. The van der Waals surface area contributed by atoms with E-state index in [0.29, 0.717) is 6.10 Å². The van der Waals surface area contributed by atoms with E-state index in [-0.39, 0.29) is 5.75 Å². The number of rotatable bonds is 4. The van der Waals surface area contributed by atoms with Crippen molar-refractivity contribution >= 4 is 16.6 Å². The maximum atomic E-state index is 9.58. The summed E-state index contributed by atoms with van der Waals surface area (Å²) < 4.78 is 5.60. The van der Waals surface area contributed by atoms with Gasteiger partial charge in [0, 0.05) is 24.7 Å². The molecule has 4 nitrogen and oxygen atoms in total. The first-order valence-electron chi connectivity index (χ1n) is 6.76. The van der Waals surface area contributed by atoms with Crippen molar-refractivity contribution in [2.75, 3.05) is 18.5 Å². The molecule has 3 rings (SSSR count). The second kappa shape index (κ2) is 5.45. The van der Waals surface area contributed by atoms with Crippen molar-refractivity contribution < 1.29 is 9.84 Å². The van der Waals surface area contributed by atoms with E-state index in [1.807, 2.05) is 12.1 Å². The van der Waals surface area contributed by atoms with Gasteiger partial charge in [-0.3, -0.25) is 0 Å². The van der Waals surface area contributed by atoms with Gasteiger partial charge in [0.25, 0.3) is 0 Å². The predicted molar refractivity (Wildman–Crippen MR) is 75.5 cm³/mol. The van der Waals surface area contributed by atoms with Gasteiger partial charge in [-0.1, -0.05) is 6.07 Å². The largest absolute Gasteiger partial charge is 0.508 e. The third-order valence-corrected chi connectivity index (χ3v) is 3.53. The maximum Gasteiger partial charge on any atom is 0.133 e. The van der Waals surface area contributed by atoms with Crippen LogP contribution >= 0.6 is 0 Å². The Balaban J connectivity index is 1.71. The average Bonchev–Trinajstić information content (AvgIpc) is 2.92. The van der Waals surface area contributed by atoms with Crippen molar-refractivity contribution in [1.29, 1.82) is 0 Å². The Labute approximate surface area is 112 Å². The molecule has 19 heavy (non-hydrogen) atoms. The molecule has 1 unspecified atom stereocenters. The zero-order chi connectivity index (χ0) is 13.1. The molecule has 2 aromatic rings. The van der Waals surface area contributed by atoms with Gasteiger partial charge in [0.05, 0.1) is 6.10 Å². The Hall–Kier alpha value is -1.81. The number of nitrogens with zero attached hydrogens (tertiary/aromatic N) is 1. The fraction of sp³-hybridized carbons (Fsp3) is 0.400. The van der Waals surface area contributed by atoms with E-state index in [1.54, 1.807) is 18.3 Å². The minimum Gasteiger partial charge on any atom is -0.508 e. The van der Waals surface area contributed by atoms with Crippen LogP contribution in [0.1, 0.15) is 19.3 Å². The number of ether oxygens (including phenoxy) is 1. The van der Waals surface area contributed by atoms with Crippen molar-refractivity contribution in [2.45, 2.75) is 25.4 Å². The van der Waals surface area contributed by atoms with E-state index in [1.165, 1.54) is 6.42 Å². The second-order valence-electron chi connectivity index (χ2n) is 4.92. The summed E-state index contributed by atoms with van der Waals surface area (Å²) in [6, 6.07) is 7.28. The first-order chi connectivity index (χ1) is 9.33. The maximum absolute atomic E-state index is 9.58. The van der Waals surface area contributed by atoms with E-state index in [0.717, 1.165) is 42.6 Å². The van der Waals surface area contributed by atoms with Gasteiger partial charge in [-0.15, -0.1) is 0 Å². The zero-order valence-corrected chi connectivity index (χ0v) is 10.8. The average molecular weight is 258 g/mol. The molecular weight excluding hydrogens is 240 g/mol. The molecule has 4 heteroatoms. The van der Waals surface area contributed by atoms with Crippen molar-refractivity contribution in [2.24, 2.45) is 0 Å². The molecule has 1 fully saturated rings. The fourth-order valence-electron chi connectivity index (χ4n) is 2.52. The number of nitrogens with one attached hydrogen (secondary N) is 1. The molecule has 100 valence electrons. The second-order valence-corrected chi connectivity index (χ2v) is 4.92. The molecule has 0 spiro atoms. The van der Waals surface area contributed by atoms with E-state index in [9.17, 15) is 5.11 Å². The monoisotopic (exact) mass is 258 g/mol. The molecule has 1 saturated heterocycles. The van der Waals surface area contributed by atoms with Gasteiger partial charge in [0.1, 0.15) is 11.6 Å². The van der Waals surface area contributed by atoms with E-state index in [2.05, 4.69) is 10.3 Å². The summed E-state index contributed by atoms with van der Waals surface area (Å²) in [7, 11) is 0. The highest BCUT2D eigenvalue weighted by molar-refractivity contribution is 5.92. The predicted octanol–water partition coefficient (Wildman–Crippen LogP) is 2.92. The minimum absolute atomic E-state index is 0.266. The van der Waals surface area contributed by atoms with E-state index in [4.69, 9.17) is 4.74 Å². The van der Waals surface area contributed by atoms with Crippen molar-refractivity contribution in [3.8, 4) is 5.75 Å². The Morgan fingerprint density at radius 2 is 2.32 bits per heavy atom. The van der Waals surface area contributed by atoms with Crippen LogP contribution in [0.25, 0.3) is 10.8 Å². The smallest absolute Gasteiger partial charge is 0.133 e. The molecular formula is C15H18N2O2. The van der Waals surface area contributed by atoms with Gasteiger partial charge in [0.15, 0.2) is 0 Å². The van der Waals surface area contributed by atoms with Crippen LogP contribution < -0.4 is 5.32 Å². The van der Waals surface area contributed by atoms with Crippen LogP contribution in [0.5, 0.6) is 5.75 Å². The number of fused-ring (bicyclic) bond motifs is 1. The number of phenols is 1. The number of anilines is 1. The summed E-state index contributed by atoms with van der Waals surface area (Å²) in [5.74, 6) is 1.09. The summed E-state index contributed by atoms with van der Waals surface area (Å²) in [5.41, 5.74) is 0. The van der Waals surface area contributed by atoms with Gasteiger partial charge in [-0.2, -0.15) is 0 Å². The fourth-order valence-corrected chi connectivity index (χ4v) is 2.52. The highest BCUT2D eigenvalue weighted by atomic mass is 16.5. The number of hydrogen-bond acceptors (Lipinski definition) is 4. The molecule has 0 amide bonds. The Morgan fingerprint density at radius 1 is 1.37 bits per heavy atom. The van der Waals surface area contributed by atoms with E-state index < -0.39 is 0 Å². The van der Waals surface area contributed by atoms with E-state index >= 15 is 0 Å². The van der Waals surface area contributed by atoms with Crippen molar-refractivity contribution in [3.63, 3.8) is 0 Å². The molecule has 0 radical (unpaired) electrons. The molecule has 1 aromatic heterocycles. The normalized spacial score (nSPS) is 18.8. The van der Waals surface area contributed by atoms with Gasteiger partial charge < -0.3 is 15.2 Å². The van der Waals surface area contributed by atoms with Gasteiger partial charge in [0.2, 0.25) is 0 Å². The van der Waals surface area contributed by atoms with Crippen LogP contribution in [0.2, 0.25) is 0 Å². The summed E-state index contributed by atoms with van der Waals surface area (Å²) >= 11 is 0. The van der Waals surface area contributed by atoms with Crippen LogP contribution in [-0.4, -0.2) is 29.3 Å². The third-order valence-electron chi connectivity index (χ3n) is 3.53. The van der Waals surface area contributed by atoms with Crippen molar-refractivity contribution in [1.82, 2.24) is 4.98 Å². The molecule has 0 saturated carbocycles. The lowest BCUT2D eigenvalue weighted by Crippen LogP contribution is -2.13. The molecule has 2 N–H and O–H groups in total. The number of benzene rings is 1. The van der Waals surface area contributed by atoms with Gasteiger partial charge >= 0.3 is 0 Å². The lowest BCUT2D eigenvalue weighted by Gasteiger charge is -2.12. The molecule has 2 heterocycles. The summed E-state index contributed by atoms with van der Waals surface area (Å²) in [6.45, 7) is 1.73. The number of hydrogen-bond donors (Lipinski definition) is 2. The number of aromatic nitrogens is 1. The van der Waals surface area contributed by atoms with Crippen LogP contribution in [0.4, 0.5) is 5.82 Å². The third kappa shape index (κ3) is 2.79. The standard InChI is InChI=1S/C15H18N2O2/c18-12-4-3-11-5-7-16-15(14(11)10-12)17-8-6-13-2-1-9-19-13/h3-5,7,10,13,18H,1-2,6,8-9H2,(H,16,17). The lowest BCUT2D eigenvalue weighted by atomic mass is 10.1. The Bertz CT molecular complexity index is 565. The molecule has 1 aliphatic heterocycles. The van der Waals surface area contributed by atoms with Crippen LogP contribution in [0, 0.1) is 0 Å². The highest BCUT2D eigenvalue weighted by Crippen LogP contribution is 2.25. The molecule has 1 aromatic carbocycles. The van der Waals surface area contributed by atoms with Gasteiger partial charge in [-0.25, -0.2) is 4.98 Å². The number of pyridine rings is 1. The SMILES string of the molecule is Oc1ccc2ccnc(NCCC3CCCO3)c2c1. The minimum atomic E-state index is 0.266. The Morgan fingerprint density at radius 3 is 3.16 bits per heavy atom. The first kappa shape index (κ1) is 12.2. The molecule has 1 atom stereocenters. The quantitative estimate of drug-likeness (QED) is 0.885. The molecule has 0 aliphatic carbocycles. The lowest BCUT2D eigenvalue weighted by molar-refractivity contribution is 0.107. The van der Waals surface area contributed by atoms with Crippen LogP contribution in [-0.2, 0) is 4.74 Å².